The Morgan fingerprint density at radius 1 is 1.44 bits per heavy atom. The van der Waals surface area contributed by atoms with Crippen molar-refractivity contribution in [2.75, 3.05) is 18.1 Å². The highest BCUT2D eigenvalue weighted by Gasteiger charge is 2.21. The van der Waals surface area contributed by atoms with Crippen LogP contribution in [0.15, 0.2) is 18.3 Å². The van der Waals surface area contributed by atoms with Gasteiger partial charge in [0.15, 0.2) is 0 Å². The summed E-state index contributed by atoms with van der Waals surface area (Å²) in [5.74, 6) is 0. The number of nitriles is 1. The quantitative estimate of drug-likeness (QED) is 0.819. The predicted octanol–water partition coefficient (Wildman–Crippen LogP) is 0.693. The summed E-state index contributed by atoms with van der Waals surface area (Å²) in [6, 6.07) is 5.25. The summed E-state index contributed by atoms with van der Waals surface area (Å²) < 4.78 is 24.8. The fraction of sp³-hybridized carbons (Fsp3) is 0.455. The molecule has 0 spiro atoms. The molecule has 6 nitrogen and oxygen atoms in total. The first kappa shape index (κ1) is 14.4. The summed E-state index contributed by atoms with van der Waals surface area (Å²) in [7, 11) is -3.25. The van der Waals surface area contributed by atoms with Gasteiger partial charge in [-0.05, 0) is 26.0 Å². The van der Waals surface area contributed by atoms with Crippen LogP contribution < -0.4 is 10.0 Å². The van der Waals surface area contributed by atoms with Crippen molar-refractivity contribution < 1.29 is 8.42 Å². The molecule has 0 amide bonds. The molecule has 0 unspecified atom stereocenters. The Morgan fingerprint density at radius 2 is 2.11 bits per heavy atom. The van der Waals surface area contributed by atoms with E-state index in [0.717, 1.165) is 11.9 Å². The van der Waals surface area contributed by atoms with Crippen molar-refractivity contribution in [2.24, 2.45) is 0 Å². The first-order valence-electron chi connectivity index (χ1n) is 5.31. The molecule has 0 bridgehead atoms. The molecule has 98 valence electrons. The Balaban J connectivity index is 2.61. The number of sulfonamides is 1. The highest BCUT2D eigenvalue weighted by atomic mass is 32.2. The van der Waals surface area contributed by atoms with E-state index < -0.39 is 15.6 Å². The zero-order valence-electron chi connectivity index (χ0n) is 10.6. The molecule has 1 heterocycles. The van der Waals surface area contributed by atoms with Gasteiger partial charge in [0.05, 0.1) is 18.1 Å². The van der Waals surface area contributed by atoms with Gasteiger partial charge in [0.2, 0.25) is 10.0 Å². The molecule has 0 fully saturated rings. The summed E-state index contributed by atoms with van der Waals surface area (Å²) in [6.07, 6.45) is 2.66. The number of hydrogen-bond donors (Lipinski definition) is 2. The van der Waals surface area contributed by atoms with Crippen LogP contribution in [-0.2, 0) is 10.0 Å². The third-order valence-electron chi connectivity index (χ3n) is 2.07. The minimum Gasteiger partial charge on any atom is -0.382 e. The smallest absolute Gasteiger partial charge is 0.209 e. The molecule has 0 aliphatic heterocycles. The van der Waals surface area contributed by atoms with E-state index in [-0.39, 0.29) is 0 Å². The maximum Gasteiger partial charge on any atom is 0.209 e. The van der Waals surface area contributed by atoms with Gasteiger partial charge in [0.1, 0.15) is 11.8 Å². The molecule has 0 saturated heterocycles. The van der Waals surface area contributed by atoms with Gasteiger partial charge in [-0.3, -0.25) is 0 Å². The number of rotatable bonds is 5. The van der Waals surface area contributed by atoms with Crippen molar-refractivity contribution in [2.45, 2.75) is 19.4 Å². The van der Waals surface area contributed by atoms with Gasteiger partial charge < -0.3 is 5.32 Å². The highest BCUT2D eigenvalue weighted by Crippen LogP contribution is 2.09. The molecule has 0 atom stereocenters. The molecule has 0 aliphatic carbocycles. The second-order valence-corrected chi connectivity index (χ2v) is 6.40. The molecular formula is C11H16N4O2S. The minimum atomic E-state index is -3.25. The molecule has 0 aromatic carbocycles. The lowest BCUT2D eigenvalue weighted by atomic mass is 10.1. The van der Waals surface area contributed by atoms with Crippen LogP contribution in [0.2, 0.25) is 0 Å². The van der Waals surface area contributed by atoms with E-state index in [1.54, 1.807) is 26.0 Å². The highest BCUT2D eigenvalue weighted by molar-refractivity contribution is 7.88. The van der Waals surface area contributed by atoms with E-state index >= 15 is 0 Å². The van der Waals surface area contributed by atoms with Gasteiger partial charge >= 0.3 is 0 Å². The first-order valence-corrected chi connectivity index (χ1v) is 7.20. The Kier molecular flexibility index (Phi) is 4.27. The number of nitrogens with one attached hydrogen (secondary N) is 2. The van der Waals surface area contributed by atoms with Crippen molar-refractivity contribution in [3.8, 4) is 6.07 Å². The Bertz CT molecular complexity index is 543. The molecule has 0 aliphatic rings. The summed E-state index contributed by atoms with van der Waals surface area (Å²) in [4.78, 5) is 3.91. The van der Waals surface area contributed by atoms with Crippen molar-refractivity contribution in [1.29, 1.82) is 5.26 Å². The lowest BCUT2D eigenvalue weighted by molar-refractivity contribution is 0.476. The summed E-state index contributed by atoms with van der Waals surface area (Å²) in [5, 5.41) is 11.7. The van der Waals surface area contributed by atoms with Gasteiger partial charge in [-0.1, -0.05) is 0 Å². The second-order valence-electron chi connectivity index (χ2n) is 4.66. The third kappa shape index (κ3) is 5.12. The standard InChI is InChI=1S/C11H16N4O2S/c1-11(2,15-18(3,16)17)8-14-10-5-4-9(6-12)13-7-10/h4-5,7,14-15H,8H2,1-3H3. The maximum absolute atomic E-state index is 11.2. The lowest BCUT2D eigenvalue weighted by Crippen LogP contribution is -2.47. The minimum absolute atomic E-state index is 0.342. The van der Waals surface area contributed by atoms with Gasteiger partial charge in [0.25, 0.3) is 0 Å². The Hall–Kier alpha value is -1.65. The van der Waals surface area contributed by atoms with Crippen molar-refractivity contribution >= 4 is 15.7 Å². The lowest BCUT2D eigenvalue weighted by Gasteiger charge is -2.25. The van der Waals surface area contributed by atoms with E-state index in [9.17, 15) is 8.42 Å². The molecule has 18 heavy (non-hydrogen) atoms. The molecule has 0 radical (unpaired) electrons. The number of anilines is 1. The number of hydrogen-bond acceptors (Lipinski definition) is 5. The third-order valence-corrected chi connectivity index (χ3v) is 3.00. The SMILES string of the molecule is CC(C)(CNc1ccc(C#N)nc1)NS(C)(=O)=O. The maximum atomic E-state index is 11.2. The first-order chi connectivity index (χ1) is 8.22. The van der Waals surface area contributed by atoms with Crippen LogP contribution in [0.4, 0.5) is 5.69 Å². The van der Waals surface area contributed by atoms with Crippen LogP contribution in [0, 0.1) is 11.3 Å². The predicted molar refractivity (Wildman–Crippen MR) is 69.5 cm³/mol. The average Bonchev–Trinajstić information content (AvgIpc) is 2.24. The number of pyridine rings is 1. The molecular weight excluding hydrogens is 252 g/mol. The van der Waals surface area contributed by atoms with Gasteiger partial charge in [0, 0.05) is 12.1 Å². The summed E-state index contributed by atoms with van der Waals surface area (Å²) in [5.41, 5.74) is 0.466. The fourth-order valence-corrected chi connectivity index (χ4v) is 2.50. The molecule has 7 heteroatoms. The largest absolute Gasteiger partial charge is 0.382 e. The summed E-state index contributed by atoms with van der Waals surface area (Å²) in [6.45, 7) is 3.96. The van der Waals surface area contributed by atoms with Crippen LogP contribution in [-0.4, -0.2) is 31.7 Å². The van der Waals surface area contributed by atoms with E-state index in [1.165, 1.54) is 6.20 Å². The molecule has 1 aromatic heterocycles. The van der Waals surface area contributed by atoms with Crippen molar-refractivity contribution in [1.82, 2.24) is 9.71 Å². The average molecular weight is 268 g/mol. The van der Waals surface area contributed by atoms with Gasteiger partial charge in [-0.2, -0.15) is 5.26 Å². The van der Waals surface area contributed by atoms with Crippen molar-refractivity contribution in [3.05, 3.63) is 24.0 Å². The van der Waals surface area contributed by atoms with Crippen LogP contribution >= 0.6 is 0 Å². The normalized spacial score (nSPS) is 11.9. The van der Waals surface area contributed by atoms with Crippen molar-refractivity contribution in [3.63, 3.8) is 0 Å². The zero-order valence-corrected chi connectivity index (χ0v) is 11.4. The molecule has 1 aromatic rings. The van der Waals surface area contributed by atoms with E-state index in [1.807, 2.05) is 6.07 Å². The van der Waals surface area contributed by atoms with Crippen LogP contribution in [0.5, 0.6) is 0 Å². The van der Waals surface area contributed by atoms with E-state index in [4.69, 9.17) is 5.26 Å². The van der Waals surface area contributed by atoms with Crippen LogP contribution in [0.1, 0.15) is 19.5 Å². The Labute approximate surface area is 107 Å². The molecule has 0 saturated carbocycles. The van der Waals surface area contributed by atoms with Gasteiger partial charge in [-0.15, -0.1) is 0 Å². The monoisotopic (exact) mass is 268 g/mol. The second kappa shape index (κ2) is 5.33. The fourth-order valence-electron chi connectivity index (χ4n) is 1.43. The number of aromatic nitrogens is 1. The summed E-state index contributed by atoms with van der Waals surface area (Å²) >= 11 is 0. The zero-order chi connectivity index (χ0) is 13.8. The molecule has 1 rings (SSSR count). The molecule has 2 N–H and O–H groups in total. The van der Waals surface area contributed by atoms with Gasteiger partial charge in [-0.25, -0.2) is 18.1 Å². The Morgan fingerprint density at radius 3 is 2.56 bits per heavy atom. The van der Waals surface area contributed by atoms with Crippen LogP contribution in [0.25, 0.3) is 0 Å². The number of nitrogens with zero attached hydrogens (tertiary/aromatic N) is 2. The van der Waals surface area contributed by atoms with Crippen LogP contribution in [0.3, 0.4) is 0 Å². The van der Waals surface area contributed by atoms with E-state index in [0.29, 0.717) is 12.2 Å². The van der Waals surface area contributed by atoms with E-state index in [2.05, 4.69) is 15.0 Å². The topological polar surface area (TPSA) is 94.9 Å².